The fraction of sp³-hybridized carbons (Fsp3) is 0.167. The molecule has 2 aromatic carbocycles. The smallest absolute Gasteiger partial charge is 0.155 e. The van der Waals surface area contributed by atoms with Crippen molar-refractivity contribution >= 4 is 54.2 Å². The van der Waals surface area contributed by atoms with Crippen LogP contribution >= 0.6 is 27.3 Å². The Labute approximate surface area is 191 Å². The van der Waals surface area contributed by atoms with Gasteiger partial charge < -0.3 is 10.1 Å². The maximum Gasteiger partial charge on any atom is 0.155 e. The van der Waals surface area contributed by atoms with Gasteiger partial charge in [-0.3, -0.25) is 4.57 Å². The third kappa shape index (κ3) is 2.91. The molecule has 0 bridgehead atoms. The molecule has 0 aliphatic carbocycles. The Hall–Kier alpha value is -2.74. The Morgan fingerprint density at radius 1 is 1.13 bits per heavy atom. The largest absolute Gasteiger partial charge is 0.380 e. The number of aromatic nitrogens is 3. The number of nitrogens with one attached hydrogen (secondary N) is 1. The maximum absolute atomic E-state index is 5.52. The minimum atomic E-state index is -0.0718. The highest BCUT2D eigenvalue weighted by Gasteiger charge is 2.32. The van der Waals surface area contributed by atoms with Crippen LogP contribution in [0.4, 0.5) is 5.69 Å². The number of aryl methyl sites for hydroxylation is 1. The Morgan fingerprint density at radius 3 is 2.74 bits per heavy atom. The number of halogens is 1. The molecule has 154 valence electrons. The van der Waals surface area contributed by atoms with Gasteiger partial charge in [-0.2, -0.15) is 0 Å². The number of rotatable bonds is 3. The second-order valence-electron chi connectivity index (χ2n) is 7.73. The van der Waals surface area contributed by atoms with Crippen molar-refractivity contribution in [2.45, 2.75) is 19.7 Å². The summed E-state index contributed by atoms with van der Waals surface area (Å²) >= 11 is 5.25. The number of para-hydroxylation sites is 2. The van der Waals surface area contributed by atoms with Crippen LogP contribution in [0.5, 0.6) is 0 Å². The molecule has 5 nitrogen and oxygen atoms in total. The first-order valence-corrected chi connectivity index (χ1v) is 11.7. The Morgan fingerprint density at radius 2 is 1.94 bits per heavy atom. The number of nitrogens with zero attached hydrogens (tertiary/aromatic N) is 3. The van der Waals surface area contributed by atoms with Gasteiger partial charge in [0.05, 0.1) is 28.2 Å². The molecule has 31 heavy (non-hydrogen) atoms. The number of hydrogen-bond acceptors (Lipinski definition) is 5. The van der Waals surface area contributed by atoms with E-state index >= 15 is 0 Å². The van der Waals surface area contributed by atoms with Crippen LogP contribution in [0.1, 0.15) is 23.0 Å². The lowest BCUT2D eigenvalue weighted by Gasteiger charge is -2.29. The number of pyridine rings is 1. The van der Waals surface area contributed by atoms with Crippen LogP contribution in [-0.2, 0) is 11.3 Å². The first-order chi connectivity index (χ1) is 15.1. The van der Waals surface area contributed by atoms with Crippen LogP contribution in [-0.4, -0.2) is 21.6 Å². The summed E-state index contributed by atoms with van der Waals surface area (Å²) in [7, 11) is 1.73. The van der Waals surface area contributed by atoms with Crippen molar-refractivity contribution in [3.63, 3.8) is 0 Å². The Balaban J connectivity index is 1.68. The van der Waals surface area contributed by atoms with Crippen molar-refractivity contribution < 1.29 is 4.74 Å². The topological polar surface area (TPSA) is 52.0 Å². The van der Waals surface area contributed by atoms with Crippen LogP contribution in [0, 0.1) is 6.92 Å². The van der Waals surface area contributed by atoms with Crippen molar-refractivity contribution in [1.29, 1.82) is 0 Å². The minimum absolute atomic E-state index is 0.0718. The third-order valence-electron chi connectivity index (χ3n) is 5.70. The van der Waals surface area contributed by atoms with E-state index in [2.05, 4.69) is 74.3 Å². The normalized spacial score (nSPS) is 15.1. The van der Waals surface area contributed by atoms with Crippen LogP contribution in [0.15, 0.2) is 59.1 Å². The van der Waals surface area contributed by atoms with Gasteiger partial charge in [0.1, 0.15) is 11.0 Å². The number of fused-ring (bicyclic) bond motifs is 7. The van der Waals surface area contributed by atoms with Gasteiger partial charge in [-0.1, -0.05) is 40.2 Å². The van der Waals surface area contributed by atoms with Gasteiger partial charge in [-0.15, -0.1) is 11.3 Å². The first-order valence-electron chi connectivity index (χ1n) is 10.1. The SMILES string of the molecule is COCc1cc(C)nc2sc3c(c12)N[C@@H](c1ccc(Br)cc1)n1c-3nc2ccccc21. The van der Waals surface area contributed by atoms with E-state index in [0.717, 1.165) is 53.4 Å². The summed E-state index contributed by atoms with van der Waals surface area (Å²) < 4.78 is 8.88. The Bertz CT molecular complexity index is 1450. The van der Waals surface area contributed by atoms with Gasteiger partial charge in [0.15, 0.2) is 5.82 Å². The highest BCUT2D eigenvalue weighted by Crippen LogP contribution is 2.49. The zero-order valence-corrected chi connectivity index (χ0v) is 19.4. The predicted octanol–water partition coefficient (Wildman–Crippen LogP) is 6.50. The molecule has 0 unspecified atom stereocenters. The molecule has 3 aromatic heterocycles. The number of benzene rings is 2. The predicted molar refractivity (Wildman–Crippen MR) is 130 cm³/mol. The minimum Gasteiger partial charge on any atom is -0.380 e. The fourth-order valence-corrected chi connectivity index (χ4v) is 5.90. The number of anilines is 1. The maximum atomic E-state index is 5.52. The van der Waals surface area contributed by atoms with Crippen molar-refractivity contribution in [2.24, 2.45) is 0 Å². The molecule has 0 saturated carbocycles. The van der Waals surface area contributed by atoms with Crippen LogP contribution < -0.4 is 5.32 Å². The molecule has 0 saturated heterocycles. The van der Waals surface area contributed by atoms with E-state index < -0.39 is 0 Å². The fourth-order valence-electron chi connectivity index (χ4n) is 4.42. The zero-order valence-electron chi connectivity index (χ0n) is 17.0. The molecular weight excluding hydrogens is 472 g/mol. The van der Waals surface area contributed by atoms with Crippen LogP contribution in [0.2, 0.25) is 0 Å². The van der Waals surface area contributed by atoms with Crippen molar-refractivity contribution in [3.8, 4) is 10.7 Å². The quantitative estimate of drug-likeness (QED) is 0.313. The lowest BCUT2D eigenvalue weighted by Crippen LogP contribution is -2.24. The molecule has 1 aliphatic rings. The molecule has 1 N–H and O–H groups in total. The van der Waals surface area contributed by atoms with Gasteiger partial charge in [-0.05, 0) is 48.4 Å². The van der Waals surface area contributed by atoms with Crippen molar-refractivity contribution in [1.82, 2.24) is 14.5 Å². The van der Waals surface area contributed by atoms with Gasteiger partial charge >= 0.3 is 0 Å². The van der Waals surface area contributed by atoms with E-state index in [-0.39, 0.29) is 6.17 Å². The molecule has 5 aromatic rings. The van der Waals surface area contributed by atoms with Gasteiger partial charge in [-0.25, -0.2) is 9.97 Å². The third-order valence-corrected chi connectivity index (χ3v) is 7.30. The first kappa shape index (κ1) is 19.0. The van der Waals surface area contributed by atoms with Crippen molar-refractivity contribution in [3.05, 3.63) is 75.9 Å². The summed E-state index contributed by atoms with van der Waals surface area (Å²) in [5.41, 5.74) is 6.52. The van der Waals surface area contributed by atoms with E-state index in [9.17, 15) is 0 Å². The Kier molecular flexibility index (Phi) is 4.38. The molecule has 1 atom stereocenters. The molecule has 7 heteroatoms. The molecule has 1 aliphatic heterocycles. The molecule has 0 fully saturated rings. The average molecular weight is 491 g/mol. The highest BCUT2D eigenvalue weighted by molar-refractivity contribution is 9.10. The number of hydrogen-bond donors (Lipinski definition) is 1. The molecule has 6 rings (SSSR count). The summed E-state index contributed by atoms with van der Waals surface area (Å²) in [6.45, 7) is 2.58. The standard InChI is InChI=1S/C24H19BrN4OS/c1-13-11-15(12-30-2)19-20-21(31-24(19)26-13)23-27-17-5-3-4-6-18(17)29(23)22(28-20)14-7-9-16(25)10-8-14/h3-11,22,28H,12H2,1-2H3/t22-/m1/s1. The summed E-state index contributed by atoms with van der Waals surface area (Å²) in [5, 5.41) is 4.96. The highest BCUT2D eigenvalue weighted by atomic mass is 79.9. The summed E-state index contributed by atoms with van der Waals surface area (Å²) in [6.07, 6.45) is -0.0718. The van der Waals surface area contributed by atoms with Gasteiger partial charge in [0.25, 0.3) is 0 Å². The number of thiophene rings is 1. The summed E-state index contributed by atoms with van der Waals surface area (Å²) in [6, 6.07) is 18.9. The molecule has 0 spiro atoms. The van der Waals surface area contributed by atoms with Gasteiger partial charge in [0.2, 0.25) is 0 Å². The lowest BCUT2D eigenvalue weighted by atomic mass is 10.1. The number of ether oxygens (including phenoxy) is 1. The molecular formula is C24H19BrN4OS. The lowest BCUT2D eigenvalue weighted by molar-refractivity contribution is 0.186. The van der Waals surface area contributed by atoms with E-state index in [1.165, 1.54) is 5.56 Å². The number of methoxy groups -OCH3 is 1. The number of imidazole rings is 1. The molecule has 0 radical (unpaired) electrons. The van der Waals surface area contributed by atoms with E-state index in [4.69, 9.17) is 14.7 Å². The van der Waals surface area contributed by atoms with Crippen LogP contribution in [0.25, 0.3) is 32.0 Å². The summed E-state index contributed by atoms with van der Waals surface area (Å²) in [4.78, 5) is 12.0. The second kappa shape index (κ2) is 7.15. The molecule has 0 amide bonds. The van der Waals surface area contributed by atoms with E-state index in [1.807, 2.05) is 13.0 Å². The second-order valence-corrected chi connectivity index (χ2v) is 9.65. The van der Waals surface area contributed by atoms with Crippen LogP contribution in [0.3, 0.4) is 0 Å². The summed E-state index contributed by atoms with van der Waals surface area (Å²) in [5.74, 6) is 0.979. The molecule has 4 heterocycles. The van der Waals surface area contributed by atoms with Crippen molar-refractivity contribution in [2.75, 3.05) is 12.4 Å². The van der Waals surface area contributed by atoms with E-state index in [1.54, 1.807) is 18.4 Å². The monoisotopic (exact) mass is 490 g/mol. The zero-order chi connectivity index (χ0) is 21.1. The van der Waals surface area contributed by atoms with E-state index in [0.29, 0.717) is 6.61 Å². The average Bonchev–Trinajstić information content (AvgIpc) is 3.32. The van der Waals surface area contributed by atoms with Gasteiger partial charge in [0, 0.05) is 22.7 Å².